The van der Waals surface area contributed by atoms with Crippen molar-refractivity contribution in [2.75, 3.05) is 5.32 Å². The normalized spacial score (nSPS) is 13.2. The Bertz CT molecular complexity index is 983. The molecule has 1 aromatic carbocycles. The molecule has 2 rings (SSSR count). The Hall–Kier alpha value is -2.87. The molecule has 0 saturated carbocycles. The summed E-state index contributed by atoms with van der Waals surface area (Å²) in [5.41, 5.74) is 0.0354. The average Bonchev–Trinajstić information content (AvgIpc) is 3.13. The zero-order valence-corrected chi connectivity index (χ0v) is 20.8. The first-order valence-electron chi connectivity index (χ1n) is 11.0. The van der Waals surface area contributed by atoms with Gasteiger partial charge in [-0.2, -0.15) is 0 Å². The highest BCUT2D eigenvalue weighted by Crippen LogP contribution is 2.31. The molecule has 0 fully saturated rings. The van der Waals surface area contributed by atoms with Gasteiger partial charge in [0.05, 0.1) is 0 Å². The molecular weight excluding hydrogens is 444 g/mol. The number of hydrogen-bond donors (Lipinski definition) is 2. The molecule has 2 aromatic rings. The summed E-state index contributed by atoms with van der Waals surface area (Å²) in [5, 5.41) is 9.70. The van der Waals surface area contributed by atoms with Crippen LogP contribution in [0.4, 0.5) is 5.82 Å². The number of carbonyl (C=O) groups is 3. The Morgan fingerprint density at radius 1 is 1.18 bits per heavy atom. The SMILES string of the molecule is CC[C@H](C)N(C(=O)CCC(=O)Nc1cc(C)on1)[C@H](C(=O)NC(C)(C)C)c1ccccc1Cl. The van der Waals surface area contributed by atoms with E-state index in [0.29, 0.717) is 28.6 Å². The van der Waals surface area contributed by atoms with Crippen molar-refractivity contribution in [3.8, 4) is 0 Å². The van der Waals surface area contributed by atoms with Crippen LogP contribution in [0.3, 0.4) is 0 Å². The summed E-state index contributed by atoms with van der Waals surface area (Å²) in [7, 11) is 0. The van der Waals surface area contributed by atoms with Crippen molar-refractivity contribution in [1.29, 1.82) is 0 Å². The first-order chi connectivity index (χ1) is 15.4. The lowest BCUT2D eigenvalue weighted by Crippen LogP contribution is -2.51. The second-order valence-electron chi connectivity index (χ2n) is 9.09. The highest BCUT2D eigenvalue weighted by atomic mass is 35.5. The molecule has 0 bridgehead atoms. The van der Waals surface area contributed by atoms with Crippen LogP contribution in [-0.4, -0.2) is 39.4 Å². The summed E-state index contributed by atoms with van der Waals surface area (Å²) in [4.78, 5) is 40.7. The molecule has 0 saturated heterocycles. The van der Waals surface area contributed by atoms with E-state index in [9.17, 15) is 14.4 Å². The Morgan fingerprint density at radius 3 is 2.39 bits per heavy atom. The van der Waals surface area contributed by atoms with Crippen molar-refractivity contribution in [3.05, 3.63) is 46.7 Å². The van der Waals surface area contributed by atoms with Gasteiger partial charge in [-0.1, -0.05) is 41.9 Å². The molecule has 1 heterocycles. The summed E-state index contributed by atoms with van der Waals surface area (Å²) in [5.74, 6) is -0.148. The van der Waals surface area contributed by atoms with Crippen LogP contribution in [0.2, 0.25) is 5.02 Å². The number of amides is 3. The Labute approximate surface area is 200 Å². The van der Waals surface area contributed by atoms with Gasteiger partial charge in [0.2, 0.25) is 17.7 Å². The molecule has 33 heavy (non-hydrogen) atoms. The van der Waals surface area contributed by atoms with Crippen LogP contribution >= 0.6 is 11.6 Å². The van der Waals surface area contributed by atoms with E-state index in [1.165, 1.54) is 4.90 Å². The Balaban J connectivity index is 2.29. The van der Waals surface area contributed by atoms with E-state index in [-0.39, 0.29) is 36.6 Å². The maximum Gasteiger partial charge on any atom is 0.247 e. The van der Waals surface area contributed by atoms with Crippen molar-refractivity contribution in [2.24, 2.45) is 0 Å². The van der Waals surface area contributed by atoms with Crippen LogP contribution in [0.1, 0.15) is 71.2 Å². The van der Waals surface area contributed by atoms with Crippen LogP contribution in [0.5, 0.6) is 0 Å². The van der Waals surface area contributed by atoms with E-state index in [4.69, 9.17) is 16.1 Å². The van der Waals surface area contributed by atoms with Crippen molar-refractivity contribution in [2.45, 2.75) is 78.4 Å². The maximum absolute atomic E-state index is 13.4. The van der Waals surface area contributed by atoms with Crippen LogP contribution in [0.15, 0.2) is 34.9 Å². The lowest BCUT2D eigenvalue weighted by atomic mass is 9.98. The minimum absolute atomic E-state index is 0.0617. The lowest BCUT2D eigenvalue weighted by Gasteiger charge is -2.37. The van der Waals surface area contributed by atoms with Gasteiger partial charge in [-0.3, -0.25) is 14.4 Å². The molecule has 0 radical (unpaired) electrons. The van der Waals surface area contributed by atoms with E-state index in [2.05, 4.69) is 15.8 Å². The minimum Gasteiger partial charge on any atom is -0.360 e. The van der Waals surface area contributed by atoms with Crippen molar-refractivity contribution < 1.29 is 18.9 Å². The minimum atomic E-state index is -0.929. The summed E-state index contributed by atoms with van der Waals surface area (Å²) < 4.78 is 4.94. The quantitative estimate of drug-likeness (QED) is 0.548. The van der Waals surface area contributed by atoms with Gasteiger partial charge in [0, 0.05) is 41.1 Å². The highest BCUT2D eigenvalue weighted by Gasteiger charge is 2.36. The van der Waals surface area contributed by atoms with Gasteiger partial charge >= 0.3 is 0 Å². The predicted octanol–water partition coefficient (Wildman–Crippen LogP) is 4.64. The fraction of sp³-hybridized carbons (Fsp3) is 0.500. The molecule has 1 aromatic heterocycles. The molecule has 0 aliphatic carbocycles. The number of anilines is 1. The molecule has 0 aliphatic rings. The molecule has 2 N–H and O–H groups in total. The number of benzene rings is 1. The maximum atomic E-state index is 13.4. The molecule has 180 valence electrons. The monoisotopic (exact) mass is 476 g/mol. The van der Waals surface area contributed by atoms with Gasteiger partial charge in [0.1, 0.15) is 11.8 Å². The van der Waals surface area contributed by atoms with E-state index in [1.54, 1.807) is 37.3 Å². The van der Waals surface area contributed by atoms with Crippen LogP contribution in [-0.2, 0) is 14.4 Å². The number of aryl methyl sites for hydroxylation is 1. The van der Waals surface area contributed by atoms with E-state index < -0.39 is 11.6 Å². The average molecular weight is 477 g/mol. The summed E-state index contributed by atoms with van der Waals surface area (Å²) in [6.45, 7) is 11.2. The van der Waals surface area contributed by atoms with Gasteiger partial charge < -0.3 is 20.1 Å². The number of carbonyl (C=O) groups excluding carboxylic acids is 3. The Kier molecular flexibility index (Phi) is 9.05. The molecule has 0 unspecified atom stereocenters. The highest BCUT2D eigenvalue weighted by molar-refractivity contribution is 6.31. The third-order valence-corrected chi connectivity index (χ3v) is 5.38. The molecule has 8 nitrogen and oxygen atoms in total. The fourth-order valence-corrected chi connectivity index (χ4v) is 3.61. The second kappa shape index (κ2) is 11.3. The zero-order chi connectivity index (χ0) is 24.8. The third-order valence-electron chi connectivity index (χ3n) is 5.04. The van der Waals surface area contributed by atoms with Crippen molar-refractivity contribution >= 4 is 35.1 Å². The third kappa shape index (κ3) is 7.60. The Morgan fingerprint density at radius 2 is 1.85 bits per heavy atom. The van der Waals surface area contributed by atoms with E-state index in [0.717, 1.165) is 0 Å². The van der Waals surface area contributed by atoms with Gasteiger partial charge in [0.15, 0.2) is 5.82 Å². The number of nitrogens with one attached hydrogen (secondary N) is 2. The first kappa shape index (κ1) is 26.4. The van der Waals surface area contributed by atoms with Gasteiger partial charge in [0.25, 0.3) is 0 Å². The fourth-order valence-electron chi connectivity index (χ4n) is 3.37. The number of hydrogen-bond acceptors (Lipinski definition) is 5. The molecular formula is C24H33ClN4O4. The largest absolute Gasteiger partial charge is 0.360 e. The summed E-state index contributed by atoms with van der Waals surface area (Å²) in [6.07, 6.45) is 0.491. The number of rotatable bonds is 9. The van der Waals surface area contributed by atoms with Crippen LogP contribution in [0, 0.1) is 6.92 Å². The van der Waals surface area contributed by atoms with Crippen molar-refractivity contribution in [3.63, 3.8) is 0 Å². The first-order valence-corrected chi connectivity index (χ1v) is 11.4. The van der Waals surface area contributed by atoms with Gasteiger partial charge in [-0.15, -0.1) is 0 Å². The molecule has 0 spiro atoms. The molecule has 2 atom stereocenters. The topological polar surface area (TPSA) is 105 Å². The van der Waals surface area contributed by atoms with Gasteiger partial charge in [-0.05, 0) is 47.1 Å². The molecule has 0 aliphatic heterocycles. The molecule has 9 heteroatoms. The van der Waals surface area contributed by atoms with Gasteiger partial charge in [-0.25, -0.2) is 0 Å². The zero-order valence-electron chi connectivity index (χ0n) is 20.1. The van der Waals surface area contributed by atoms with Crippen molar-refractivity contribution in [1.82, 2.24) is 15.4 Å². The number of nitrogens with zero attached hydrogens (tertiary/aromatic N) is 2. The second-order valence-corrected chi connectivity index (χ2v) is 9.50. The van der Waals surface area contributed by atoms with Crippen LogP contribution in [0.25, 0.3) is 0 Å². The smallest absolute Gasteiger partial charge is 0.247 e. The molecule has 3 amide bonds. The van der Waals surface area contributed by atoms with E-state index >= 15 is 0 Å². The van der Waals surface area contributed by atoms with Crippen LogP contribution < -0.4 is 10.6 Å². The standard InChI is InChI=1S/C24H33ClN4O4/c1-7-15(2)29(21(31)13-12-20(30)26-19-14-16(3)33-28-19)22(23(32)27-24(4,5)6)17-10-8-9-11-18(17)25/h8-11,14-15,22H,7,12-13H2,1-6H3,(H,27,32)(H,26,28,30)/t15-,22-/m0/s1. The lowest BCUT2D eigenvalue weighted by molar-refractivity contribution is -0.144. The summed E-state index contributed by atoms with van der Waals surface area (Å²) in [6, 6.07) is 7.40. The predicted molar refractivity (Wildman–Crippen MR) is 128 cm³/mol. The number of halogens is 1. The van der Waals surface area contributed by atoms with E-state index in [1.807, 2.05) is 34.6 Å². The number of aromatic nitrogens is 1. The summed E-state index contributed by atoms with van der Waals surface area (Å²) >= 11 is 6.45.